The Kier molecular flexibility index (Phi) is 1.65. The standard InChI is InChI=1S/C7H5NO3S/c9-7(10)4-1-5-6(11-2-4)8-3-12-5/h1-2H,3H2,(H,9,10). The molecule has 2 rings (SSSR count). The first-order chi connectivity index (χ1) is 5.77. The van der Waals surface area contributed by atoms with E-state index in [-0.39, 0.29) is 5.57 Å². The van der Waals surface area contributed by atoms with E-state index >= 15 is 0 Å². The van der Waals surface area contributed by atoms with Gasteiger partial charge in [0.05, 0.1) is 16.4 Å². The Morgan fingerprint density at radius 3 is 3.33 bits per heavy atom. The quantitative estimate of drug-likeness (QED) is 0.658. The van der Waals surface area contributed by atoms with Gasteiger partial charge >= 0.3 is 5.97 Å². The maximum atomic E-state index is 10.5. The Morgan fingerprint density at radius 1 is 1.75 bits per heavy atom. The number of nitrogens with zero attached hydrogens (tertiary/aromatic N) is 1. The summed E-state index contributed by atoms with van der Waals surface area (Å²) in [4.78, 5) is 15.3. The number of carboxylic acid groups (broad SMARTS) is 1. The van der Waals surface area contributed by atoms with Gasteiger partial charge in [0.2, 0.25) is 5.90 Å². The summed E-state index contributed by atoms with van der Waals surface area (Å²) in [7, 11) is 0. The third-order valence-electron chi connectivity index (χ3n) is 1.47. The molecule has 0 saturated carbocycles. The first kappa shape index (κ1) is 7.42. The highest BCUT2D eigenvalue weighted by Gasteiger charge is 2.21. The summed E-state index contributed by atoms with van der Waals surface area (Å²) in [5.74, 6) is 0.168. The number of hydrogen-bond donors (Lipinski definition) is 1. The Balaban J connectivity index is 2.30. The van der Waals surface area contributed by atoms with E-state index in [1.807, 2.05) is 0 Å². The predicted molar refractivity (Wildman–Crippen MR) is 44.8 cm³/mol. The number of hydrogen-bond acceptors (Lipinski definition) is 4. The maximum absolute atomic E-state index is 10.5. The molecule has 0 aromatic rings. The molecule has 2 heterocycles. The zero-order chi connectivity index (χ0) is 8.55. The Labute approximate surface area is 72.6 Å². The van der Waals surface area contributed by atoms with Crippen molar-refractivity contribution in [2.75, 3.05) is 5.88 Å². The molecular formula is C7H5NO3S. The first-order valence-corrected chi connectivity index (χ1v) is 4.25. The molecule has 4 nitrogen and oxygen atoms in total. The van der Waals surface area contributed by atoms with Gasteiger partial charge in [-0.15, -0.1) is 0 Å². The molecule has 2 aliphatic rings. The molecular weight excluding hydrogens is 178 g/mol. The van der Waals surface area contributed by atoms with E-state index in [9.17, 15) is 4.79 Å². The summed E-state index contributed by atoms with van der Waals surface area (Å²) < 4.78 is 4.99. The molecule has 0 bridgehead atoms. The SMILES string of the molecule is O=C(O)C1=COC2=NCSC2=C1. The molecule has 2 aliphatic heterocycles. The number of aliphatic carboxylic acids is 1. The Morgan fingerprint density at radius 2 is 2.58 bits per heavy atom. The minimum absolute atomic E-state index is 0.165. The van der Waals surface area contributed by atoms with E-state index in [1.54, 1.807) is 6.08 Å². The van der Waals surface area contributed by atoms with Crippen molar-refractivity contribution < 1.29 is 14.6 Å². The predicted octanol–water partition coefficient (Wildman–Crippen LogP) is 0.972. The van der Waals surface area contributed by atoms with Crippen LogP contribution in [0, 0.1) is 0 Å². The number of thioether (sulfide) groups is 1. The molecule has 0 fully saturated rings. The van der Waals surface area contributed by atoms with Gasteiger partial charge in [-0.2, -0.15) is 0 Å². The van der Waals surface area contributed by atoms with Gasteiger partial charge in [0.15, 0.2) is 0 Å². The number of carboxylic acids is 1. The van der Waals surface area contributed by atoms with Crippen LogP contribution in [0.5, 0.6) is 0 Å². The largest absolute Gasteiger partial charge is 0.478 e. The smallest absolute Gasteiger partial charge is 0.338 e. The summed E-state index contributed by atoms with van der Waals surface area (Å²) >= 11 is 1.48. The van der Waals surface area contributed by atoms with Crippen LogP contribution >= 0.6 is 11.8 Å². The second-order valence-electron chi connectivity index (χ2n) is 2.24. The minimum Gasteiger partial charge on any atom is -0.478 e. The molecule has 0 radical (unpaired) electrons. The van der Waals surface area contributed by atoms with Crippen molar-refractivity contribution in [2.24, 2.45) is 4.99 Å². The van der Waals surface area contributed by atoms with E-state index < -0.39 is 5.97 Å². The van der Waals surface area contributed by atoms with Crippen LogP contribution in [0.1, 0.15) is 0 Å². The highest BCUT2D eigenvalue weighted by Crippen LogP contribution is 2.29. The second kappa shape index (κ2) is 2.67. The molecule has 0 aliphatic carbocycles. The fourth-order valence-electron chi connectivity index (χ4n) is 0.906. The molecule has 0 unspecified atom stereocenters. The summed E-state index contributed by atoms with van der Waals surface area (Å²) in [6, 6.07) is 0. The van der Waals surface area contributed by atoms with Gasteiger partial charge in [-0.25, -0.2) is 9.79 Å². The lowest BCUT2D eigenvalue weighted by Crippen LogP contribution is -2.09. The molecule has 0 spiro atoms. The van der Waals surface area contributed by atoms with Crippen molar-refractivity contribution >= 4 is 23.6 Å². The highest BCUT2D eigenvalue weighted by atomic mass is 32.2. The lowest BCUT2D eigenvalue weighted by Gasteiger charge is -2.07. The molecule has 62 valence electrons. The second-order valence-corrected chi connectivity index (χ2v) is 3.23. The van der Waals surface area contributed by atoms with Gasteiger partial charge in [0.1, 0.15) is 6.26 Å². The minimum atomic E-state index is -0.978. The number of ether oxygens (including phenoxy) is 1. The van der Waals surface area contributed by atoms with Crippen molar-refractivity contribution in [3.8, 4) is 0 Å². The van der Waals surface area contributed by atoms with Crippen LogP contribution in [0.25, 0.3) is 0 Å². The fraction of sp³-hybridized carbons (Fsp3) is 0.143. The normalized spacial score (nSPS) is 20.2. The summed E-state index contributed by atoms with van der Waals surface area (Å²) in [6.07, 6.45) is 2.78. The molecule has 0 aromatic carbocycles. The van der Waals surface area contributed by atoms with Crippen LogP contribution in [0.2, 0.25) is 0 Å². The first-order valence-electron chi connectivity index (χ1n) is 3.27. The van der Waals surface area contributed by atoms with E-state index in [2.05, 4.69) is 4.99 Å². The van der Waals surface area contributed by atoms with Crippen LogP contribution in [0.3, 0.4) is 0 Å². The monoisotopic (exact) mass is 183 g/mol. The molecule has 0 saturated heterocycles. The van der Waals surface area contributed by atoms with Crippen molar-refractivity contribution in [3.63, 3.8) is 0 Å². The number of fused-ring (bicyclic) bond motifs is 1. The fourth-order valence-corrected chi connectivity index (χ4v) is 1.67. The van der Waals surface area contributed by atoms with Crippen molar-refractivity contribution in [2.45, 2.75) is 0 Å². The number of aliphatic imine (C=N–C) groups is 1. The average molecular weight is 183 g/mol. The van der Waals surface area contributed by atoms with E-state index in [0.29, 0.717) is 11.8 Å². The van der Waals surface area contributed by atoms with Crippen LogP contribution in [0.4, 0.5) is 0 Å². The van der Waals surface area contributed by atoms with Gasteiger partial charge in [-0.1, -0.05) is 11.8 Å². The summed E-state index contributed by atoms with van der Waals surface area (Å²) in [6.45, 7) is 0. The number of rotatable bonds is 1. The highest BCUT2D eigenvalue weighted by molar-refractivity contribution is 8.04. The van der Waals surface area contributed by atoms with Gasteiger partial charge in [-0.3, -0.25) is 0 Å². The summed E-state index contributed by atoms with van der Waals surface area (Å²) in [5, 5.41) is 8.62. The lowest BCUT2D eigenvalue weighted by atomic mass is 10.2. The van der Waals surface area contributed by atoms with Crippen LogP contribution < -0.4 is 0 Å². The topological polar surface area (TPSA) is 58.9 Å². The van der Waals surface area contributed by atoms with E-state index in [4.69, 9.17) is 9.84 Å². The third kappa shape index (κ3) is 1.12. The average Bonchev–Trinajstić information content (AvgIpc) is 2.49. The molecule has 1 N–H and O–H groups in total. The van der Waals surface area contributed by atoms with E-state index in [0.717, 1.165) is 4.91 Å². The van der Waals surface area contributed by atoms with Gasteiger partial charge in [0, 0.05) is 0 Å². The third-order valence-corrected chi connectivity index (χ3v) is 2.33. The molecule has 0 aromatic heterocycles. The van der Waals surface area contributed by atoms with Crippen molar-refractivity contribution in [1.82, 2.24) is 0 Å². The van der Waals surface area contributed by atoms with Crippen LogP contribution in [-0.2, 0) is 9.53 Å². The number of carbonyl (C=O) groups is 1. The van der Waals surface area contributed by atoms with Crippen LogP contribution in [0.15, 0.2) is 27.8 Å². The Bertz CT molecular complexity index is 330. The van der Waals surface area contributed by atoms with Gasteiger partial charge in [0.25, 0.3) is 0 Å². The van der Waals surface area contributed by atoms with Crippen molar-refractivity contribution in [3.05, 3.63) is 22.8 Å². The van der Waals surface area contributed by atoms with Crippen LogP contribution in [-0.4, -0.2) is 22.9 Å². The molecule has 0 atom stereocenters. The van der Waals surface area contributed by atoms with Crippen molar-refractivity contribution in [1.29, 1.82) is 0 Å². The molecule has 0 amide bonds. The zero-order valence-electron chi connectivity index (χ0n) is 5.98. The van der Waals surface area contributed by atoms with E-state index in [1.165, 1.54) is 18.0 Å². The summed E-state index contributed by atoms with van der Waals surface area (Å²) in [5.41, 5.74) is 0.165. The molecule has 12 heavy (non-hydrogen) atoms. The zero-order valence-corrected chi connectivity index (χ0v) is 6.80. The Hall–Kier alpha value is -1.23. The van der Waals surface area contributed by atoms with Gasteiger partial charge < -0.3 is 9.84 Å². The molecule has 5 heteroatoms. The lowest BCUT2D eigenvalue weighted by molar-refractivity contribution is -0.132. The maximum Gasteiger partial charge on any atom is 0.338 e. The van der Waals surface area contributed by atoms with Gasteiger partial charge in [-0.05, 0) is 6.08 Å².